The number of methoxy groups -OCH3 is 2. The minimum absolute atomic E-state index is 0.0726. The highest BCUT2D eigenvalue weighted by molar-refractivity contribution is 6.12. The van der Waals surface area contributed by atoms with Crippen LogP contribution in [0, 0.1) is 0 Å². The predicted octanol–water partition coefficient (Wildman–Crippen LogP) is 2.80. The SMILES string of the molecule is CCn1ncc2c(NC3CCCCC3)c(C3=NOC(CC(=O)OC)(C(=O)OC)C3)cnc21. The van der Waals surface area contributed by atoms with Gasteiger partial charge < -0.3 is 19.6 Å². The Morgan fingerprint density at radius 3 is 2.69 bits per heavy atom. The number of pyridine rings is 1. The van der Waals surface area contributed by atoms with Crippen LogP contribution in [-0.2, 0) is 30.4 Å². The number of carbonyl (C=O) groups excluding carboxylic acids is 2. The first-order chi connectivity index (χ1) is 15.5. The van der Waals surface area contributed by atoms with E-state index in [9.17, 15) is 9.59 Å². The van der Waals surface area contributed by atoms with Gasteiger partial charge in [0.25, 0.3) is 0 Å². The molecule has 0 aromatic carbocycles. The molecule has 10 heteroatoms. The Balaban J connectivity index is 1.72. The molecule has 3 heterocycles. The molecule has 172 valence electrons. The van der Waals surface area contributed by atoms with Gasteiger partial charge in [-0.2, -0.15) is 5.10 Å². The first-order valence-electron chi connectivity index (χ1n) is 11.0. The van der Waals surface area contributed by atoms with E-state index in [2.05, 4.69) is 20.6 Å². The van der Waals surface area contributed by atoms with Crippen LogP contribution in [0.3, 0.4) is 0 Å². The summed E-state index contributed by atoms with van der Waals surface area (Å²) in [7, 11) is 2.52. The number of anilines is 1. The fourth-order valence-corrected chi connectivity index (χ4v) is 4.47. The minimum Gasteiger partial charge on any atom is -0.469 e. The lowest BCUT2D eigenvalue weighted by Crippen LogP contribution is -2.42. The van der Waals surface area contributed by atoms with E-state index in [1.165, 1.54) is 33.5 Å². The van der Waals surface area contributed by atoms with Crippen molar-refractivity contribution >= 4 is 34.4 Å². The average Bonchev–Trinajstić information content (AvgIpc) is 3.44. The number of oxime groups is 1. The number of hydrogen-bond acceptors (Lipinski definition) is 9. The summed E-state index contributed by atoms with van der Waals surface area (Å²) in [6.07, 6.45) is 9.11. The van der Waals surface area contributed by atoms with Gasteiger partial charge >= 0.3 is 11.9 Å². The van der Waals surface area contributed by atoms with E-state index in [1.54, 1.807) is 12.4 Å². The third-order valence-corrected chi connectivity index (χ3v) is 6.23. The van der Waals surface area contributed by atoms with Crippen molar-refractivity contribution in [1.82, 2.24) is 14.8 Å². The monoisotopic (exact) mass is 443 g/mol. The molecule has 32 heavy (non-hydrogen) atoms. The predicted molar refractivity (Wildman–Crippen MR) is 117 cm³/mol. The van der Waals surface area contributed by atoms with Gasteiger partial charge in [-0.25, -0.2) is 14.5 Å². The normalized spacial score (nSPS) is 21.2. The van der Waals surface area contributed by atoms with Crippen molar-refractivity contribution in [3.63, 3.8) is 0 Å². The molecule has 1 unspecified atom stereocenters. The molecular weight excluding hydrogens is 414 g/mol. The summed E-state index contributed by atoms with van der Waals surface area (Å²) in [4.78, 5) is 34.7. The smallest absolute Gasteiger partial charge is 0.354 e. The van der Waals surface area contributed by atoms with Gasteiger partial charge in [0.2, 0.25) is 5.60 Å². The molecule has 0 bridgehead atoms. The zero-order valence-electron chi connectivity index (χ0n) is 18.7. The number of fused-ring (bicyclic) bond motifs is 1. The molecule has 1 aliphatic carbocycles. The van der Waals surface area contributed by atoms with Crippen molar-refractivity contribution in [2.75, 3.05) is 19.5 Å². The molecule has 4 rings (SSSR count). The van der Waals surface area contributed by atoms with Crippen LogP contribution in [0.25, 0.3) is 11.0 Å². The van der Waals surface area contributed by atoms with Gasteiger partial charge in [0.1, 0.15) is 0 Å². The molecule has 0 saturated heterocycles. The Morgan fingerprint density at radius 1 is 1.22 bits per heavy atom. The lowest BCUT2D eigenvalue weighted by molar-refractivity contribution is -0.173. The molecule has 1 N–H and O–H groups in total. The van der Waals surface area contributed by atoms with E-state index in [0.717, 1.165) is 35.1 Å². The molecule has 1 fully saturated rings. The highest BCUT2D eigenvalue weighted by Crippen LogP contribution is 2.36. The first-order valence-corrected chi connectivity index (χ1v) is 11.0. The third kappa shape index (κ3) is 4.01. The van der Waals surface area contributed by atoms with E-state index in [1.807, 2.05) is 11.6 Å². The van der Waals surface area contributed by atoms with Crippen molar-refractivity contribution in [1.29, 1.82) is 0 Å². The molecule has 2 aliphatic rings. The maximum atomic E-state index is 12.5. The van der Waals surface area contributed by atoms with Crippen molar-refractivity contribution in [2.24, 2.45) is 5.16 Å². The van der Waals surface area contributed by atoms with Crippen LogP contribution in [0.4, 0.5) is 5.69 Å². The molecule has 10 nitrogen and oxygen atoms in total. The number of carbonyl (C=O) groups is 2. The number of esters is 2. The first kappa shape index (κ1) is 22.0. The third-order valence-electron chi connectivity index (χ3n) is 6.23. The van der Waals surface area contributed by atoms with Gasteiger partial charge in [0.05, 0.1) is 43.6 Å². The van der Waals surface area contributed by atoms with Crippen LogP contribution in [0.5, 0.6) is 0 Å². The lowest BCUT2D eigenvalue weighted by Gasteiger charge is -2.25. The van der Waals surface area contributed by atoms with Crippen molar-refractivity contribution in [3.8, 4) is 0 Å². The topological polar surface area (TPSA) is 117 Å². The number of aryl methyl sites for hydroxylation is 1. The number of nitrogens with zero attached hydrogens (tertiary/aromatic N) is 4. The van der Waals surface area contributed by atoms with Gasteiger partial charge in [-0.3, -0.25) is 4.79 Å². The van der Waals surface area contributed by atoms with Gasteiger partial charge in [-0.15, -0.1) is 0 Å². The molecular formula is C22H29N5O5. The number of rotatable bonds is 7. The Kier molecular flexibility index (Phi) is 6.29. The van der Waals surface area contributed by atoms with Crippen LogP contribution < -0.4 is 5.32 Å². The molecule has 2 aromatic heterocycles. The minimum atomic E-state index is -1.55. The van der Waals surface area contributed by atoms with E-state index in [0.29, 0.717) is 18.3 Å². The largest absolute Gasteiger partial charge is 0.469 e. The van der Waals surface area contributed by atoms with Gasteiger partial charge in [0.15, 0.2) is 5.65 Å². The lowest BCUT2D eigenvalue weighted by atomic mass is 9.90. The number of ether oxygens (including phenoxy) is 2. The van der Waals surface area contributed by atoms with Crippen molar-refractivity contribution in [2.45, 2.75) is 70.1 Å². The fourth-order valence-electron chi connectivity index (χ4n) is 4.47. The second-order valence-electron chi connectivity index (χ2n) is 8.27. The molecule has 1 atom stereocenters. The average molecular weight is 444 g/mol. The maximum absolute atomic E-state index is 12.5. The van der Waals surface area contributed by atoms with Gasteiger partial charge in [0, 0.05) is 30.8 Å². The summed E-state index contributed by atoms with van der Waals surface area (Å²) >= 11 is 0. The molecule has 0 radical (unpaired) electrons. The Morgan fingerprint density at radius 2 is 2.00 bits per heavy atom. The van der Waals surface area contributed by atoms with Crippen LogP contribution in [0.1, 0.15) is 57.4 Å². The second kappa shape index (κ2) is 9.13. The van der Waals surface area contributed by atoms with Crippen LogP contribution in [-0.4, -0.2) is 58.3 Å². The molecule has 0 amide bonds. The Labute approximate surface area is 186 Å². The summed E-state index contributed by atoms with van der Waals surface area (Å²) in [5, 5.41) is 13.2. The van der Waals surface area contributed by atoms with E-state index >= 15 is 0 Å². The maximum Gasteiger partial charge on any atom is 0.354 e. The Hall–Kier alpha value is -3.17. The molecule has 1 aliphatic heterocycles. The van der Waals surface area contributed by atoms with Crippen LogP contribution in [0.2, 0.25) is 0 Å². The van der Waals surface area contributed by atoms with Crippen molar-refractivity contribution < 1.29 is 23.9 Å². The number of nitrogens with one attached hydrogen (secondary N) is 1. The fraction of sp³-hybridized carbons (Fsp3) is 0.591. The zero-order chi connectivity index (χ0) is 22.7. The van der Waals surface area contributed by atoms with Gasteiger partial charge in [-0.1, -0.05) is 24.4 Å². The van der Waals surface area contributed by atoms with Gasteiger partial charge in [-0.05, 0) is 19.8 Å². The Bertz CT molecular complexity index is 1040. The molecule has 1 saturated carbocycles. The van der Waals surface area contributed by atoms with E-state index in [-0.39, 0.29) is 12.8 Å². The zero-order valence-corrected chi connectivity index (χ0v) is 18.7. The quantitative estimate of drug-likeness (QED) is 0.649. The van der Waals surface area contributed by atoms with Crippen LogP contribution >= 0.6 is 0 Å². The van der Waals surface area contributed by atoms with E-state index < -0.39 is 17.5 Å². The highest BCUT2D eigenvalue weighted by atomic mass is 16.7. The summed E-state index contributed by atoms with van der Waals surface area (Å²) in [5.41, 5.74) is 1.36. The number of aromatic nitrogens is 3. The van der Waals surface area contributed by atoms with Crippen molar-refractivity contribution in [3.05, 3.63) is 18.0 Å². The second-order valence-corrected chi connectivity index (χ2v) is 8.27. The summed E-state index contributed by atoms with van der Waals surface area (Å²) in [5.74, 6) is -1.25. The number of hydrogen-bond donors (Lipinski definition) is 1. The summed E-state index contributed by atoms with van der Waals surface area (Å²) in [6.45, 7) is 2.72. The molecule has 0 spiro atoms. The summed E-state index contributed by atoms with van der Waals surface area (Å²) in [6, 6.07) is 0.335. The van der Waals surface area contributed by atoms with Crippen LogP contribution in [0.15, 0.2) is 17.5 Å². The molecule has 2 aromatic rings. The summed E-state index contributed by atoms with van der Waals surface area (Å²) < 4.78 is 11.5. The standard InChI is InChI=1S/C22H29N5O5/c1-4-27-20-16(13-24-27)19(25-14-8-6-5-7-9-14)15(12-23-20)17-10-22(32-26-17,21(29)31-3)11-18(28)30-2/h12-14H,4-11H2,1-3H3,(H,23,25). The van der Waals surface area contributed by atoms with E-state index in [4.69, 9.17) is 14.3 Å². The highest BCUT2D eigenvalue weighted by Gasteiger charge is 2.50.